The van der Waals surface area contributed by atoms with Gasteiger partial charge in [-0.25, -0.2) is 0 Å². The molecule has 0 amide bonds. The van der Waals surface area contributed by atoms with E-state index in [9.17, 15) is 4.79 Å². The first-order valence-corrected chi connectivity index (χ1v) is 16.0. The quantitative estimate of drug-likeness (QED) is 0.555. The summed E-state index contributed by atoms with van der Waals surface area (Å²) in [6.45, 7) is 4.41. The van der Waals surface area contributed by atoms with Crippen molar-refractivity contribution in [3.63, 3.8) is 0 Å². The zero-order chi connectivity index (χ0) is 18.4. The molecule has 138 valence electrons. The maximum atomic E-state index is 12.4. The van der Waals surface area contributed by atoms with Gasteiger partial charge >= 0.3 is 161 Å². The van der Waals surface area contributed by atoms with E-state index in [1.165, 1.54) is 0 Å². The number of aliphatic imine (C=N–C) groups is 1. The summed E-state index contributed by atoms with van der Waals surface area (Å²) in [6.07, 6.45) is 6.01. The van der Waals surface area contributed by atoms with Gasteiger partial charge in [-0.3, -0.25) is 0 Å². The molecule has 1 aliphatic heterocycles. The minimum atomic E-state index is -3.57. The molecule has 0 saturated heterocycles. The molecule has 0 atom stereocenters. The van der Waals surface area contributed by atoms with Crippen LogP contribution < -0.4 is 3.07 Å². The zero-order valence-corrected chi connectivity index (χ0v) is 18.5. The Morgan fingerprint density at radius 2 is 1.73 bits per heavy atom. The minimum absolute atomic E-state index is 0.0724. The van der Waals surface area contributed by atoms with Crippen LogP contribution in [0.4, 0.5) is 0 Å². The third-order valence-corrected chi connectivity index (χ3v) is 14.6. The van der Waals surface area contributed by atoms with E-state index in [-0.39, 0.29) is 12.5 Å². The Morgan fingerprint density at radius 3 is 2.46 bits per heavy atom. The molecule has 0 radical (unpaired) electrons. The molecule has 3 rings (SSSR count). The number of benzene rings is 2. The van der Waals surface area contributed by atoms with Gasteiger partial charge in [0.15, 0.2) is 0 Å². The Balaban J connectivity index is 2.08. The van der Waals surface area contributed by atoms with E-state index in [1.54, 1.807) is 6.21 Å². The third kappa shape index (κ3) is 4.40. The molecule has 0 spiro atoms. The molecule has 2 aromatic carbocycles. The van der Waals surface area contributed by atoms with Crippen molar-refractivity contribution in [1.82, 2.24) is 0 Å². The molecule has 1 aliphatic rings. The van der Waals surface area contributed by atoms with Crippen molar-refractivity contribution in [1.29, 1.82) is 0 Å². The van der Waals surface area contributed by atoms with Gasteiger partial charge in [0.2, 0.25) is 0 Å². The molecular weight excluding hydrogens is 433 g/mol. The van der Waals surface area contributed by atoms with Crippen LogP contribution in [0.15, 0.2) is 41.4 Å². The average molecular weight is 460 g/mol. The first-order valence-electron chi connectivity index (χ1n) is 9.60. The van der Waals surface area contributed by atoms with Crippen LogP contribution in [0.5, 0.6) is 5.75 Å². The number of carbonyl (C=O) groups is 1. The van der Waals surface area contributed by atoms with Crippen molar-refractivity contribution in [2.24, 2.45) is 4.99 Å². The maximum absolute atomic E-state index is 12.4. The Kier molecular flexibility index (Phi) is 6.57. The van der Waals surface area contributed by atoms with Crippen LogP contribution >= 0.6 is 0 Å². The molecule has 0 unspecified atom stereocenters. The summed E-state index contributed by atoms with van der Waals surface area (Å²) in [7, 11) is 0. The van der Waals surface area contributed by atoms with Crippen LogP contribution in [0.2, 0.25) is 8.87 Å². The number of fused-ring (bicyclic) bond motifs is 3. The predicted molar refractivity (Wildman–Crippen MR) is 108 cm³/mol. The summed E-state index contributed by atoms with van der Waals surface area (Å²) in [5, 5.41) is 2.25. The standard InChI is InChI=1S/C13H11NO3.2C4H9.Sn/c15-12-6-5-9-3-1-2-4-10(9)11(12)7-14-8-13(16)17;2*1-3-4-2;/h1-7,15H,8H2,(H,16,17);2*1,3-4H2,2H3;/q;;;+2/p-2. The predicted octanol–water partition coefficient (Wildman–Crippen LogP) is 5.24. The third-order valence-electron chi connectivity index (χ3n) is 4.79. The van der Waals surface area contributed by atoms with E-state index >= 15 is 0 Å². The number of nitrogens with zero attached hydrogens (tertiary/aromatic N) is 1. The van der Waals surface area contributed by atoms with Gasteiger partial charge in [-0.2, -0.15) is 0 Å². The SMILES string of the molecule is CCC[CH2][Sn]1([CH2]CCC)[O]C(=O)CN=Cc2c(ccc3ccccc23)[O]1. The van der Waals surface area contributed by atoms with Crippen molar-refractivity contribution >= 4 is 42.2 Å². The van der Waals surface area contributed by atoms with Gasteiger partial charge in [-0.05, 0) is 0 Å². The summed E-state index contributed by atoms with van der Waals surface area (Å²) in [6, 6.07) is 12.3. The van der Waals surface area contributed by atoms with Crippen molar-refractivity contribution in [2.75, 3.05) is 6.54 Å². The molecular formula is C21H27NO3Sn. The molecule has 26 heavy (non-hydrogen) atoms. The number of rotatable bonds is 6. The molecule has 0 saturated carbocycles. The molecule has 4 nitrogen and oxygen atoms in total. The van der Waals surface area contributed by atoms with Crippen LogP contribution in [-0.4, -0.2) is 37.9 Å². The summed E-state index contributed by atoms with van der Waals surface area (Å²) >= 11 is -3.57. The van der Waals surface area contributed by atoms with Crippen LogP contribution in [0.25, 0.3) is 10.8 Å². The number of carbonyl (C=O) groups excluding carboxylic acids is 1. The number of hydrogen-bond donors (Lipinski definition) is 0. The first-order chi connectivity index (χ1) is 12.7. The molecule has 0 bridgehead atoms. The van der Waals surface area contributed by atoms with Gasteiger partial charge in [-0.1, -0.05) is 0 Å². The second-order valence-electron chi connectivity index (χ2n) is 6.86. The van der Waals surface area contributed by atoms with Crippen LogP contribution in [-0.2, 0) is 7.87 Å². The monoisotopic (exact) mass is 461 g/mol. The van der Waals surface area contributed by atoms with Crippen molar-refractivity contribution in [3.8, 4) is 5.75 Å². The molecule has 5 heteroatoms. The Bertz CT molecular complexity index is 795. The molecule has 0 aromatic heterocycles. The van der Waals surface area contributed by atoms with Gasteiger partial charge in [-0.15, -0.1) is 0 Å². The zero-order valence-electron chi connectivity index (χ0n) is 15.7. The fourth-order valence-corrected chi connectivity index (χ4v) is 13.5. The van der Waals surface area contributed by atoms with E-state index in [0.717, 1.165) is 56.6 Å². The molecule has 0 N–H and O–H groups in total. The molecule has 2 aromatic rings. The van der Waals surface area contributed by atoms with E-state index < -0.39 is 19.2 Å². The van der Waals surface area contributed by atoms with E-state index in [2.05, 4.69) is 37.0 Å². The Morgan fingerprint density at radius 1 is 1.00 bits per heavy atom. The fourth-order valence-electron chi connectivity index (χ4n) is 3.39. The van der Waals surface area contributed by atoms with Crippen molar-refractivity contribution in [2.45, 2.75) is 48.4 Å². The second-order valence-corrected chi connectivity index (χ2v) is 16.1. The second kappa shape index (κ2) is 8.89. The van der Waals surface area contributed by atoms with Crippen LogP contribution in [0, 0.1) is 0 Å². The van der Waals surface area contributed by atoms with Crippen molar-refractivity contribution < 1.29 is 10.9 Å². The normalized spacial score (nSPS) is 16.2. The summed E-state index contributed by atoms with van der Waals surface area (Å²) in [4.78, 5) is 16.7. The molecule has 1 heterocycles. The van der Waals surface area contributed by atoms with Gasteiger partial charge in [0.05, 0.1) is 0 Å². The summed E-state index contributed by atoms with van der Waals surface area (Å²) < 4.78 is 14.5. The van der Waals surface area contributed by atoms with E-state index in [4.69, 9.17) is 6.15 Å². The van der Waals surface area contributed by atoms with E-state index in [1.807, 2.05) is 18.2 Å². The molecule has 0 aliphatic carbocycles. The summed E-state index contributed by atoms with van der Waals surface area (Å²) in [5.41, 5.74) is 0.968. The first kappa shape index (κ1) is 19.2. The fraction of sp³-hybridized carbons (Fsp3) is 0.429. The number of unbranched alkanes of at least 4 members (excludes halogenated alkanes) is 2. The van der Waals surface area contributed by atoms with E-state index in [0.29, 0.717) is 0 Å². The van der Waals surface area contributed by atoms with Gasteiger partial charge < -0.3 is 0 Å². The summed E-state index contributed by atoms with van der Waals surface area (Å²) in [5.74, 6) is 0.589. The number of hydrogen-bond acceptors (Lipinski definition) is 4. The van der Waals surface area contributed by atoms with Gasteiger partial charge in [0.1, 0.15) is 0 Å². The van der Waals surface area contributed by atoms with Crippen LogP contribution in [0.3, 0.4) is 0 Å². The van der Waals surface area contributed by atoms with Gasteiger partial charge in [0, 0.05) is 0 Å². The Hall–Kier alpha value is -1.56. The Labute approximate surface area is 160 Å². The van der Waals surface area contributed by atoms with Crippen LogP contribution in [0.1, 0.15) is 45.1 Å². The average Bonchev–Trinajstić information content (AvgIpc) is 2.72. The van der Waals surface area contributed by atoms with Crippen molar-refractivity contribution in [3.05, 3.63) is 42.0 Å². The molecule has 0 fully saturated rings. The topological polar surface area (TPSA) is 47.9 Å². The van der Waals surface area contributed by atoms with Gasteiger partial charge in [0.25, 0.3) is 0 Å².